The van der Waals surface area contributed by atoms with Crippen molar-refractivity contribution in [2.45, 2.75) is 13.0 Å². The van der Waals surface area contributed by atoms with E-state index in [1.165, 1.54) is 4.88 Å². The summed E-state index contributed by atoms with van der Waals surface area (Å²) in [7, 11) is 1.96. The Hall–Kier alpha value is -1.85. The topological polar surface area (TPSA) is 41.6 Å². The summed E-state index contributed by atoms with van der Waals surface area (Å²) in [5.41, 5.74) is 0.707. The molecule has 2 heterocycles. The number of amides is 1. The Morgan fingerprint density at radius 2 is 2.30 bits per heavy atom. The molecule has 1 unspecified atom stereocenters. The van der Waals surface area contributed by atoms with Crippen molar-refractivity contribution in [1.82, 2.24) is 10.2 Å². The van der Waals surface area contributed by atoms with Gasteiger partial charge in [0.2, 0.25) is 0 Å². The van der Waals surface area contributed by atoms with Crippen LogP contribution in [0.25, 0.3) is 0 Å². The van der Waals surface area contributed by atoms with E-state index in [-0.39, 0.29) is 5.91 Å². The quantitative estimate of drug-likeness (QED) is 0.885. The van der Waals surface area contributed by atoms with E-state index in [0.29, 0.717) is 18.1 Å². The van der Waals surface area contributed by atoms with Crippen LogP contribution in [0.2, 0.25) is 0 Å². The first-order valence-electron chi connectivity index (χ1n) is 7.95. The van der Waals surface area contributed by atoms with Crippen LogP contribution in [0.4, 0.5) is 0 Å². The lowest BCUT2D eigenvalue weighted by atomic mass is 10.1. The molecule has 0 spiro atoms. The van der Waals surface area contributed by atoms with Gasteiger partial charge in [-0.15, -0.1) is 11.3 Å². The van der Waals surface area contributed by atoms with E-state index in [1.54, 1.807) is 11.3 Å². The molecule has 2 aromatic rings. The molecule has 0 radical (unpaired) electrons. The lowest BCUT2D eigenvalue weighted by molar-refractivity contribution is 0.0786. The van der Waals surface area contributed by atoms with Crippen LogP contribution < -0.4 is 10.1 Å². The van der Waals surface area contributed by atoms with Gasteiger partial charge in [-0.2, -0.15) is 0 Å². The van der Waals surface area contributed by atoms with E-state index in [9.17, 15) is 4.79 Å². The van der Waals surface area contributed by atoms with Gasteiger partial charge < -0.3 is 15.0 Å². The summed E-state index contributed by atoms with van der Waals surface area (Å²) >= 11 is 1.67. The minimum Gasteiger partial charge on any atom is -0.488 e. The van der Waals surface area contributed by atoms with Crippen molar-refractivity contribution < 1.29 is 9.53 Å². The molecule has 1 saturated heterocycles. The highest BCUT2D eigenvalue weighted by molar-refractivity contribution is 7.09. The van der Waals surface area contributed by atoms with Crippen LogP contribution in [-0.2, 0) is 6.61 Å². The standard InChI is InChI=1S/C18H22N2O2S/c1-19-11-14-7-8-20(12-14)18(21)15-4-2-5-16(10-15)22-13-17-6-3-9-23-17/h2-6,9-10,14,19H,7-8,11-13H2,1H3. The van der Waals surface area contributed by atoms with Crippen molar-refractivity contribution in [3.8, 4) is 5.75 Å². The number of carbonyl (C=O) groups excluding carboxylic acids is 1. The van der Waals surface area contributed by atoms with Crippen LogP contribution in [0.1, 0.15) is 21.7 Å². The SMILES string of the molecule is CNCC1CCN(C(=O)c2cccc(OCc3cccs3)c2)C1. The molecule has 0 saturated carbocycles. The maximum Gasteiger partial charge on any atom is 0.253 e. The second-order valence-electron chi connectivity index (χ2n) is 5.86. The smallest absolute Gasteiger partial charge is 0.253 e. The van der Waals surface area contributed by atoms with E-state index in [2.05, 4.69) is 5.32 Å². The lowest BCUT2D eigenvalue weighted by Gasteiger charge is -2.17. The number of nitrogens with one attached hydrogen (secondary N) is 1. The Balaban J connectivity index is 1.61. The lowest BCUT2D eigenvalue weighted by Crippen LogP contribution is -2.30. The highest BCUT2D eigenvalue weighted by Crippen LogP contribution is 2.21. The van der Waals surface area contributed by atoms with E-state index in [4.69, 9.17) is 4.74 Å². The number of nitrogens with zero attached hydrogens (tertiary/aromatic N) is 1. The van der Waals surface area contributed by atoms with Crippen molar-refractivity contribution in [1.29, 1.82) is 0 Å². The number of hydrogen-bond acceptors (Lipinski definition) is 4. The first-order valence-corrected chi connectivity index (χ1v) is 8.83. The summed E-state index contributed by atoms with van der Waals surface area (Å²) in [6, 6.07) is 11.6. The number of carbonyl (C=O) groups is 1. The fourth-order valence-electron chi connectivity index (χ4n) is 2.92. The van der Waals surface area contributed by atoms with Gasteiger partial charge in [0.15, 0.2) is 0 Å². The van der Waals surface area contributed by atoms with Gasteiger partial charge in [-0.25, -0.2) is 0 Å². The molecule has 23 heavy (non-hydrogen) atoms. The number of ether oxygens (including phenoxy) is 1. The summed E-state index contributed by atoms with van der Waals surface area (Å²) in [4.78, 5) is 15.8. The van der Waals surface area contributed by atoms with E-state index in [1.807, 2.05) is 53.7 Å². The third kappa shape index (κ3) is 4.12. The van der Waals surface area contributed by atoms with E-state index >= 15 is 0 Å². The van der Waals surface area contributed by atoms with Gasteiger partial charge in [0.05, 0.1) is 0 Å². The Morgan fingerprint density at radius 3 is 3.09 bits per heavy atom. The molecule has 4 nitrogen and oxygen atoms in total. The van der Waals surface area contributed by atoms with Gasteiger partial charge in [0, 0.05) is 23.5 Å². The Bertz CT molecular complexity index is 642. The molecule has 1 amide bonds. The molecule has 1 fully saturated rings. The summed E-state index contributed by atoms with van der Waals surface area (Å²) in [6.07, 6.45) is 1.07. The number of rotatable bonds is 6. The zero-order chi connectivity index (χ0) is 16.1. The predicted octanol–water partition coefficient (Wildman–Crippen LogP) is 3.01. The van der Waals surface area contributed by atoms with Crippen LogP contribution >= 0.6 is 11.3 Å². The van der Waals surface area contributed by atoms with Crippen LogP contribution in [0.3, 0.4) is 0 Å². The van der Waals surface area contributed by atoms with Gasteiger partial charge in [-0.1, -0.05) is 12.1 Å². The zero-order valence-electron chi connectivity index (χ0n) is 13.3. The third-order valence-corrected chi connectivity index (χ3v) is 4.96. The molecular formula is C18H22N2O2S. The first-order chi connectivity index (χ1) is 11.3. The van der Waals surface area contributed by atoms with Crippen molar-refractivity contribution in [3.05, 3.63) is 52.2 Å². The highest BCUT2D eigenvalue weighted by atomic mass is 32.1. The molecule has 122 valence electrons. The second-order valence-corrected chi connectivity index (χ2v) is 6.89. The number of likely N-dealkylation sites (tertiary alicyclic amines) is 1. The minimum atomic E-state index is 0.102. The molecule has 5 heteroatoms. The van der Waals surface area contributed by atoms with Crippen LogP contribution in [0.5, 0.6) is 5.75 Å². The highest BCUT2D eigenvalue weighted by Gasteiger charge is 2.26. The van der Waals surface area contributed by atoms with Crippen molar-refractivity contribution in [2.24, 2.45) is 5.92 Å². The molecule has 1 aromatic carbocycles. The molecule has 1 N–H and O–H groups in total. The molecule has 1 atom stereocenters. The Morgan fingerprint density at radius 1 is 1.39 bits per heavy atom. The first kappa shape index (κ1) is 16.0. The third-order valence-electron chi connectivity index (χ3n) is 4.11. The largest absolute Gasteiger partial charge is 0.488 e. The van der Waals surface area contributed by atoms with Crippen LogP contribution in [-0.4, -0.2) is 37.5 Å². The summed E-state index contributed by atoms with van der Waals surface area (Å²) in [6.45, 7) is 3.18. The fraction of sp³-hybridized carbons (Fsp3) is 0.389. The minimum absolute atomic E-state index is 0.102. The van der Waals surface area contributed by atoms with E-state index in [0.717, 1.165) is 31.8 Å². The van der Waals surface area contributed by atoms with Crippen molar-refractivity contribution in [3.63, 3.8) is 0 Å². The van der Waals surface area contributed by atoms with Gasteiger partial charge in [0.25, 0.3) is 5.91 Å². The molecule has 1 aliphatic heterocycles. The summed E-state index contributed by atoms with van der Waals surface area (Å²) in [5, 5.41) is 5.23. The van der Waals surface area contributed by atoms with Gasteiger partial charge in [0.1, 0.15) is 12.4 Å². The van der Waals surface area contributed by atoms with Gasteiger partial charge in [-0.3, -0.25) is 4.79 Å². The molecule has 3 rings (SSSR count). The molecule has 1 aliphatic rings. The number of hydrogen-bond donors (Lipinski definition) is 1. The maximum atomic E-state index is 12.6. The maximum absolute atomic E-state index is 12.6. The molecule has 1 aromatic heterocycles. The number of benzene rings is 1. The number of thiophene rings is 1. The van der Waals surface area contributed by atoms with Crippen molar-refractivity contribution in [2.75, 3.05) is 26.7 Å². The average molecular weight is 330 g/mol. The second kappa shape index (κ2) is 7.62. The summed E-state index contributed by atoms with van der Waals surface area (Å²) in [5.74, 6) is 1.41. The predicted molar refractivity (Wildman–Crippen MR) is 93.0 cm³/mol. The van der Waals surface area contributed by atoms with Gasteiger partial charge in [-0.05, 0) is 55.6 Å². The zero-order valence-corrected chi connectivity index (χ0v) is 14.1. The fourth-order valence-corrected chi connectivity index (χ4v) is 3.54. The molecule has 0 bridgehead atoms. The normalized spacial score (nSPS) is 17.4. The average Bonchev–Trinajstić information content (AvgIpc) is 3.25. The molecule has 0 aliphatic carbocycles. The monoisotopic (exact) mass is 330 g/mol. The van der Waals surface area contributed by atoms with Gasteiger partial charge >= 0.3 is 0 Å². The Labute approximate surface area is 141 Å². The van der Waals surface area contributed by atoms with Crippen LogP contribution in [0, 0.1) is 5.92 Å². The van der Waals surface area contributed by atoms with Crippen molar-refractivity contribution >= 4 is 17.2 Å². The Kier molecular flexibility index (Phi) is 5.31. The van der Waals surface area contributed by atoms with Crippen LogP contribution in [0.15, 0.2) is 41.8 Å². The molecular weight excluding hydrogens is 308 g/mol. The van der Waals surface area contributed by atoms with E-state index < -0.39 is 0 Å². The summed E-state index contributed by atoms with van der Waals surface area (Å²) < 4.78 is 5.79.